The molecule has 1 fully saturated rings. The third-order valence-electron chi connectivity index (χ3n) is 5.92. The van der Waals surface area contributed by atoms with E-state index in [0.717, 1.165) is 6.42 Å². The summed E-state index contributed by atoms with van der Waals surface area (Å²) in [4.78, 5) is 14.2. The number of benzene rings is 1. The quantitative estimate of drug-likeness (QED) is 0.727. The number of aryl methyl sites for hydroxylation is 2. The van der Waals surface area contributed by atoms with E-state index < -0.39 is 23.9 Å². The van der Waals surface area contributed by atoms with E-state index in [0.29, 0.717) is 41.2 Å². The minimum absolute atomic E-state index is 0.124. The Bertz CT molecular complexity index is 988. The van der Waals surface area contributed by atoms with E-state index >= 15 is 4.39 Å². The van der Waals surface area contributed by atoms with Gasteiger partial charge in [-0.15, -0.1) is 0 Å². The molecule has 2 N–H and O–H groups in total. The first kappa shape index (κ1) is 20.6. The topological polar surface area (TPSA) is 73.4 Å². The number of hydrogen-bond donors (Lipinski definition) is 1. The number of nitrogens with two attached hydrogens (primary N) is 1. The van der Waals surface area contributed by atoms with Crippen molar-refractivity contribution < 1.29 is 18.3 Å². The molecule has 1 aliphatic carbocycles. The molecule has 1 aromatic carbocycles. The molecule has 0 spiro atoms. The first-order valence-electron chi connectivity index (χ1n) is 10.3. The van der Waals surface area contributed by atoms with E-state index in [2.05, 4.69) is 5.10 Å². The van der Waals surface area contributed by atoms with Crippen LogP contribution in [0.3, 0.4) is 0 Å². The van der Waals surface area contributed by atoms with E-state index in [4.69, 9.17) is 10.5 Å². The van der Waals surface area contributed by atoms with Crippen molar-refractivity contribution in [3.8, 4) is 5.69 Å². The molecular weight excluding hydrogens is 390 g/mol. The zero-order chi connectivity index (χ0) is 22.0. The summed E-state index contributed by atoms with van der Waals surface area (Å²) in [6, 6.07) is 2.67. The van der Waals surface area contributed by atoms with E-state index in [1.54, 1.807) is 46.8 Å². The average Bonchev–Trinajstić information content (AvgIpc) is 2.88. The summed E-state index contributed by atoms with van der Waals surface area (Å²) >= 11 is 0. The van der Waals surface area contributed by atoms with Crippen molar-refractivity contribution in [2.75, 3.05) is 12.3 Å². The maximum Gasteiger partial charge on any atom is 0.410 e. The summed E-state index contributed by atoms with van der Waals surface area (Å²) in [6.07, 6.45) is -0.739. The predicted octanol–water partition coefficient (Wildman–Crippen LogP) is 4.72. The lowest BCUT2D eigenvalue weighted by Crippen LogP contribution is -2.48. The number of piperidine rings is 1. The number of halogens is 2. The van der Waals surface area contributed by atoms with Crippen LogP contribution in [-0.4, -0.2) is 39.0 Å². The third kappa shape index (κ3) is 3.32. The molecule has 8 heteroatoms. The molecular formula is C22H28F2N4O2. The molecule has 0 radical (unpaired) electrons. The second-order valence-electron chi connectivity index (χ2n) is 9.37. The number of anilines is 1. The van der Waals surface area contributed by atoms with Crippen LogP contribution in [0.25, 0.3) is 5.69 Å². The van der Waals surface area contributed by atoms with Crippen molar-refractivity contribution in [3.63, 3.8) is 0 Å². The Morgan fingerprint density at radius 2 is 1.87 bits per heavy atom. The molecule has 1 amide bonds. The predicted molar refractivity (Wildman–Crippen MR) is 110 cm³/mol. The molecule has 162 valence electrons. The van der Waals surface area contributed by atoms with Gasteiger partial charge in [-0.3, -0.25) is 0 Å². The number of nitrogens with zero attached hydrogens (tertiary/aromatic N) is 3. The van der Waals surface area contributed by atoms with Gasteiger partial charge < -0.3 is 15.4 Å². The summed E-state index contributed by atoms with van der Waals surface area (Å²) in [7, 11) is 0. The fraction of sp³-hybridized carbons (Fsp3) is 0.545. The Morgan fingerprint density at radius 3 is 2.47 bits per heavy atom. The maximum atomic E-state index is 15.7. The molecule has 2 aliphatic heterocycles. The summed E-state index contributed by atoms with van der Waals surface area (Å²) in [6.45, 7) is 9.06. The lowest BCUT2D eigenvalue weighted by molar-refractivity contribution is -0.00301. The van der Waals surface area contributed by atoms with Crippen LogP contribution in [0, 0.1) is 19.7 Å². The minimum Gasteiger partial charge on any atom is -0.444 e. The fourth-order valence-corrected chi connectivity index (χ4v) is 4.57. The zero-order valence-corrected chi connectivity index (χ0v) is 18.0. The van der Waals surface area contributed by atoms with E-state index in [1.807, 2.05) is 0 Å². The standard InChI is InChI=1S/C22H28F2N4O2/c1-11-8-14(9-12(2)17(11)23)28-20(25)16-13-6-7-15(18(24)19(16)26-28)27(10-13)21(29)30-22(3,4)5/h8-9,13,15,18H,6-7,10,25H2,1-5H3/t13-,15?,18-/m0/s1. The molecule has 6 nitrogen and oxygen atoms in total. The number of carbonyl (C=O) groups excluding carboxylic acids is 1. The minimum atomic E-state index is -1.47. The highest BCUT2D eigenvalue weighted by molar-refractivity contribution is 5.70. The highest BCUT2D eigenvalue weighted by atomic mass is 19.1. The first-order chi connectivity index (χ1) is 14.0. The van der Waals surface area contributed by atoms with Crippen molar-refractivity contribution in [1.29, 1.82) is 0 Å². The van der Waals surface area contributed by atoms with Crippen molar-refractivity contribution >= 4 is 11.9 Å². The van der Waals surface area contributed by atoms with Gasteiger partial charge in [0.25, 0.3) is 0 Å². The Hall–Kier alpha value is -2.64. The van der Waals surface area contributed by atoms with Gasteiger partial charge >= 0.3 is 6.09 Å². The van der Waals surface area contributed by atoms with Gasteiger partial charge in [0, 0.05) is 18.0 Å². The number of ether oxygens (including phenoxy) is 1. The van der Waals surface area contributed by atoms with Crippen molar-refractivity contribution in [3.05, 3.63) is 40.3 Å². The number of amides is 1. The first-order valence-corrected chi connectivity index (χ1v) is 10.3. The summed E-state index contributed by atoms with van der Waals surface area (Å²) in [5.74, 6) is -0.0582. The molecule has 3 atom stereocenters. The zero-order valence-electron chi connectivity index (χ0n) is 18.0. The van der Waals surface area contributed by atoms with Gasteiger partial charge in [-0.05, 0) is 70.7 Å². The van der Waals surface area contributed by atoms with Crippen LogP contribution >= 0.6 is 0 Å². The van der Waals surface area contributed by atoms with Crippen LogP contribution in [0.1, 0.15) is 68.1 Å². The highest BCUT2D eigenvalue weighted by Gasteiger charge is 2.47. The van der Waals surface area contributed by atoms with Crippen LogP contribution in [0.15, 0.2) is 12.1 Å². The second kappa shape index (κ2) is 6.96. The number of fused-ring (bicyclic) bond motifs is 2. The molecule has 1 saturated heterocycles. The molecule has 1 unspecified atom stereocenters. The lowest BCUT2D eigenvalue weighted by atomic mass is 9.92. The molecule has 3 heterocycles. The second-order valence-corrected chi connectivity index (χ2v) is 9.37. The van der Waals surface area contributed by atoms with Crippen LogP contribution in [0.2, 0.25) is 0 Å². The third-order valence-corrected chi connectivity index (χ3v) is 5.92. The van der Waals surface area contributed by atoms with Gasteiger partial charge in [0.2, 0.25) is 0 Å². The molecule has 30 heavy (non-hydrogen) atoms. The van der Waals surface area contributed by atoms with Crippen molar-refractivity contribution in [2.45, 2.75) is 71.2 Å². The van der Waals surface area contributed by atoms with Gasteiger partial charge in [-0.25, -0.2) is 18.3 Å². The van der Waals surface area contributed by atoms with Crippen molar-refractivity contribution in [1.82, 2.24) is 14.7 Å². The van der Waals surface area contributed by atoms with E-state index in [-0.39, 0.29) is 17.4 Å². The summed E-state index contributed by atoms with van der Waals surface area (Å²) < 4.78 is 36.7. The van der Waals surface area contributed by atoms with E-state index in [9.17, 15) is 9.18 Å². The van der Waals surface area contributed by atoms with Crippen molar-refractivity contribution in [2.24, 2.45) is 0 Å². The molecule has 2 aromatic rings. The number of hydrogen-bond acceptors (Lipinski definition) is 4. The number of carbonyl (C=O) groups is 1. The number of aromatic nitrogens is 2. The van der Waals surface area contributed by atoms with Crippen LogP contribution < -0.4 is 5.73 Å². The Balaban J connectivity index is 1.74. The molecule has 0 saturated carbocycles. The number of alkyl halides is 1. The Morgan fingerprint density at radius 1 is 1.23 bits per heavy atom. The molecule has 5 rings (SSSR count). The maximum absolute atomic E-state index is 15.7. The normalized spacial score (nSPS) is 23.3. The van der Waals surface area contributed by atoms with Crippen LogP contribution in [-0.2, 0) is 4.74 Å². The Kier molecular flexibility index (Phi) is 4.78. The van der Waals surface area contributed by atoms with Gasteiger partial charge in [0.15, 0.2) is 6.17 Å². The highest BCUT2D eigenvalue weighted by Crippen LogP contribution is 2.47. The van der Waals surface area contributed by atoms with E-state index in [1.165, 1.54) is 9.58 Å². The molecule has 3 aliphatic rings. The average molecular weight is 418 g/mol. The van der Waals surface area contributed by atoms with Gasteiger partial charge in [0.1, 0.15) is 22.9 Å². The Labute approximate surface area is 175 Å². The van der Waals surface area contributed by atoms with Crippen LogP contribution in [0.5, 0.6) is 0 Å². The smallest absolute Gasteiger partial charge is 0.410 e. The van der Waals surface area contributed by atoms with Gasteiger partial charge in [-0.1, -0.05) is 0 Å². The molecule has 2 bridgehead atoms. The molecule has 1 aromatic heterocycles. The van der Waals surface area contributed by atoms with Gasteiger partial charge in [-0.2, -0.15) is 5.10 Å². The SMILES string of the molecule is Cc1cc(-n2nc3c(c2N)[C@H]2CCC([C@@H]3F)N(C(=O)OC(C)(C)C)C2)cc(C)c1F. The van der Waals surface area contributed by atoms with Crippen LogP contribution in [0.4, 0.5) is 19.4 Å². The summed E-state index contributed by atoms with van der Waals surface area (Å²) in [5, 5.41) is 4.50. The number of nitrogen functional groups attached to an aromatic ring is 1. The fourth-order valence-electron chi connectivity index (χ4n) is 4.57. The number of rotatable bonds is 1. The summed E-state index contributed by atoms with van der Waals surface area (Å²) in [5.41, 5.74) is 8.25. The monoisotopic (exact) mass is 418 g/mol. The van der Waals surface area contributed by atoms with Gasteiger partial charge in [0.05, 0.1) is 11.7 Å². The lowest BCUT2D eigenvalue weighted by Gasteiger charge is -2.38. The largest absolute Gasteiger partial charge is 0.444 e.